The first-order valence-corrected chi connectivity index (χ1v) is 10.7. The summed E-state index contributed by atoms with van der Waals surface area (Å²) in [6, 6.07) is 10.8. The van der Waals surface area contributed by atoms with Crippen LogP contribution in [-0.4, -0.2) is 38.6 Å². The monoisotopic (exact) mass is 480 g/mol. The van der Waals surface area contributed by atoms with Crippen molar-refractivity contribution in [1.29, 1.82) is 0 Å². The average Bonchev–Trinajstić information content (AvgIpc) is 3.14. The molecule has 5 rings (SSSR count). The van der Waals surface area contributed by atoms with Gasteiger partial charge in [-0.2, -0.15) is 5.10 Å². The number of carbonyl (C=O) groups excluding carboxylic acids is 1. The number of hydrogen-bond donors (Lipinski definition) is 4. The second kappa shape index (κ2) is 8.00. The van der Waals surface area contributed by atoms with E-state index in [-0.39, 0.29) is 57.8 Å². The van der Waals surface area contributed by atoms with Crippen molar-refractivity contribution in [1.82, 2.24) is 14.8 Å². The molecule has 2 heterocycles. The van der Waals surface area contributed by atoms with Crippen LogP contribution in [0, 0.1) is 11.6 Å². The van der Waals surface area contributed by atoms with Gasteiger partial charge in [0.2, 0.25) is 0 Å². The van der Waals surface area contributed by atoms with Crippen molar-refractivity contribution in [3.63, 3.8) is 0 Å². The Kier molecular flexibility index (Phi) is 5.18. The number of aliphatic hydroxyl groups is 1. The van der Waals surface area contributed by atoms with Crippen molar-refractivity contribution in [2.75, 3.05) is 12.8 Å². The Morgan fingerprint density at radius 3 is 2.43 bits per heavy atom. The maximum Gasteiger partial charge on any atom is 0.254 e. The highest BCUT2D eigenvalue weighted by Crippen LogP contribution is 2.42. The normalized spacial score (nSPS) is 19.5. The summed E-state index contributed by atoms with van der Waals surface area (Å²) in [5.74, 6) is -2.73. The molecule has 4 aromatic rings. The number of nitrogens with zero attached hydrogens (tertiary/aromatic N) is 3. The largest absolute Gasteiger partial charge is 0.493 e. The number of amides is 1. The van der Waals surface area contributed by atoms with Crippen LogP contribution < -0.4 is 21.9 Å². The van der Waals surface area contributed by atoms with E-state index < -0.39 is 29.3 Å². The number of rotatable bonds is 5. The van der Waals surface area contributed by atoms with Crippen molar-refractivity contribution in [2.45, 2.75) is 24.6 Å². The number of nitrogen functional groups attached to an aromatic ring is 1. The van der Waals surface area contributed by atoms with Gasteiger partial charge in [-0.1, -0.05) is 30.3 Å². The molecule has 180 valence electrons. The molecule has 0 aliphatic heterocycles. The molecular formula is C24H22F2N6O3. The Hall–Kier alpha value is -4.09. The Labute approximate surface area is 198 Å². The summed E-state index contributed by atoms with van der Waals surface area (Å²) in [6.45, 7) is 0. The number of pyridine rings is 1. The van der Waals surface area contributed by atoms with E-state index in [9.17, 15) is 9.90 Å². The number of methoxy groups -OCH3 is 1. The summed E-state index contributed by atoms with van der Waals surface area (Å²) in [7, 11) is 1.28. The zero-order chi connectivity index (χ0) is 25.1. The van der Waals surface area contributed by atoms with Gasteiger partial charge in [-0.25, -0.2) is 18.4 Å². The van der Waals surface area contributed by atoms with Crippen molar-refractivity contribution < 1.29 is 23.4 Å². The van der Waals surface area contributed by atoms with Crippen LogP contribution in [0.4, 0.5) is 14.6 Å². The number of aromatic nitrogens is 3. The fourth-order valence-electron chi connectivity index (χ4n) is 4.50. The Bertz CT molecular complexity index is 1480. The lowest BCUT2D eigenvalue weighted by molar-refractivity contribution is -0.0643. The first kappa shape index (κ1) is 22.7. The van der Waals surface area contributed by atoms with E-state index in [4.69, 9.17) is 21.9 Å². The molecule has 1 aliphatic rings. The molecule has 0 unspecified atom stereocenters. The van der Waals surface area contributed by atoms with E-state index in [1.807, 2.05) is 0 Å². The molecule has 0 saturated heterocycles. The quantitative estimate of drug-likeness (QED) is 0.320. The molecule has 1 aliphatic carbocycles. The van der Waals surface area contributed by atoms with Crippen molar-refractivity contribution in [3.8, 4) is 28.3 Å². The predicted molar refractivity (Wildman–Crippen MR) is 125 cm³/mol. The van der Waals surface area contributed by atoms with Crippen LogP contribution in [0.3, 0.4) is 0 Å². The molecule has 2 aromatic carbocycles. The van der Waals surface area contributed by atoms with Gasteiger partial charge >= 0.3 is 0 Å². The van der Waals surface area contributed by atoms with Crippen LogP contribution in [0.2, 0.25) is 0 Å². The van der Waals surface area contributed by atoms with E-state index in [1.165, 1.54) is 23.9 Å². The SMILES string of the molecule is COc1c(F)c(-c2ccccc2)nc2c(F)c(-c3nn(C4CC(N)(O)C4)c(N)c3C(N)=O)ccc12. The van der Waals surface area contributed by atoms with Crippen LogP contribution in [0.1, 0.15) is 29.2 Å². The predicted octanol–water partition coefficient (Wildman–Crippen LogP) is 2.72. The smallest absolute Gasteiger partial charge is 0.254 e. The number of benzene rings is 2. The molecule has 1 fully saturated rings. The summed E-state index contributed by atoms with van der Waals surface area (Å²) in [6.07, 6.45) is 0.296. The van der Waals surface area contributed by atoms with Gasteiger partial charge < -0.3 is 27.0 Å². The van der Waals surface area contributed by atoms with Crippen LogP contribution in [0.5, 0.6) is 5.75 Å². The van der Waals surface area contributed by atoms with Gasteiger partial charge in [0.15, 0.2) is 17.4 Å². The fraction of sp³-hybridized carbons (Fsp3) is 0.208. The minimum absolute atomic E-state index is 0.0675. The number of halogens is 2. The van der Waals surface area contributed by atoms with Gasteiger partial charge in [0.05, 0.1) is 13.2 Å². The summed E-state index contributed by atoms with van der Waals surface area (Å²) in [5, 5.41) is 14.3. The van der Waals surface area contributed by atoms with Gasteiger partial charge in [-0.3, -0.25) is 4.79 Å². The zero-order valence-electron chi connectivity index (χ0n) is 18.6. The lowest BCUT2D eigenvalue weighted by Gasteiger charge is -2.40. The van der Waals surface area contributed by atoms with Gasteiger partial charge in [0, 0.05) is 29.4 Å². The lowest BCUT2D eigenvalue weighted by atomic mass is 9.83. The van der Waals surface area contributed by atoms with Crippen molar-refractivity contribution in [3.05, 3.63) is 59.7 Å². The Morgan fingerprint density at radius 1 is 1.14 bits per heavy atom. The summed E-state index contributed by atoms with van der Waals surface area (Å²) in [4.78, 5) is 16.5. The molecule has 7 N–H and O–H groups in total. The molecular weight excluding hydrogens is 458 g/mol. The van der Waals surface area contributed by atoms with Crippen molar-refractivity contribution in [2.24, 2.45) is 11.5 Å². The number of anilines is 1. The second-order valence-corrected chi connectivity index (χ2v) is 8.58. The third-order valence-electron chi connectivity index (χ3n) is 6.22. The average molecular weight is 480 g/mol. The van der Waals surface area contributed by atoms with E-state index >= 15 is 8.78 Å². The molecule has 2 aromatic heterocycles. The molecule has 9 nitrogen and oxygen atoms in total. The van der Waals surface area contributed by atoms with Gasteiger partial charge in [0.25, 0.3) is 5.91 Å². The second-order valence-electron chi connectivity index (χ2n) is 8.58. The number of ether oxygens (including phenoxy) is 1. The van der Waals surface area contributed by atoms with Crippen molar-refractivity contribution >= 4 is 22.6 Å². The van der Waals surface area contributed by atoms with Gasteiger partial charge in [-0.15, -0.1) is 0 Å². The van der Waals surface area contributed by atoms with Crippen LogP contribution in [0.25, 0.3) is 33.4 Å². The Morgan fingerprint density at radius 2 is 1.83 bits per heavy atom. The molecule has 0 spiro atoms. The highest BCUT2D eigenvalue weighted by Gasteiger charge is 2.42. The van der Waals surface area contributed by atoms with E-state index in [0.717, 1.165) is 0 Å². The van der Waals surface area contributed by atoms with E-state index in [2.05, 4.69) is 10.1 Å². The number of primary amides is 1. The van der Waals surface area contributed by atoms with Gasteiger partial charge in [0.1, 0.15) is 34.0 Å². The van der Waals surface area contributed by atoms with E-state index in [1.54, 1.807) is 30.3 Å². The molecule has 11 heteroatoms. The molecule has 0 bridgehead atoms. The zero-order valence-corrected chi connectivity index (χ0v) is 18.6. The third kappa shape index (κ3) is 3.56. The lowest BCUT2D eigenvalue weighted by Crippen LogP contribution is -2.52. The molecule has 0 radical (unpaired) electrons. The van der Waals surface area contributed by atoms with E-state index in [0.29, 0.717) is 5.56 Å². The highest BCUT2D eigenvalue weighted by atomic mass is 19.1. The van der Waals surface area contributed by atoms with Crippen LogP contribution in [-0.2, 0) is 0 Å². The number of hydrogen-bond acceptors (Lipinski definition) is 7. The highest BCUT2D eigenvalue weighted by molar-refractivity contribution is 6.04. The van der Waals surface area contributed by atoms with Gasteiger partial charge in [-0.05, 0) is 12.1 Å². The first-order chi connectivity index (χ1) is 16.6. The third-order valence-corrected chi connectivity index (χ3v) is 6.22. The molecule has 1 saturated carbocycles. The first-order valence-electron chi connectivity index (χ1n) is 10.7. The molecule has 1 amide bonds. The maximum atomic E-state index is 16.0. The number of nitrogens with two attached hydrogens (primary N) is 3. The standard InChI is InChI=1S/C24H22F2N6O3/c1-35-21-14-8-7-13(16(25)20(14)30-18(17(21)26)11-5-3-2-4-6-11)19-15(23(28)33)22(27)32(31-19)12-9-24(29,34)10-12/h2-8,12,34H,9-10,27,29H2,1H3,(H2,28,33). The Balaban J connectivity index is 1.73. The fourth-order valence-corrected chi connectivity index (χ4v) is 4.50. The topological polar surface area (TPSA) is 155 Å². The number of carbonyl (C=O) groups is 1. The summed E-state index contributed by atoms with van der Waals surface area (Å²) in [5.41, 5.74) is 15.8. The summed E-state index contributed by atoms with van der Waals surface area (Å²) >= 11 is 0. The minimum Gasteiger partial charge on any atom is -0.493 e. The molecule has 0 atom stereocenters. The maximum absolute atomic E-state index is 16.0. The summed E-state index contributed by atoms with van der Waals surface area (Å²) < 4.78 is 37.8. The number of fused-ring (bicyclic) bond motifs is 1. The van der Waals surface area contributed by atoms with Crippen LogP contribution >= 0.6 is 0 Å². The molecule has 35 heavy (non-hydrogen) atoms. The van der Waals surface area contributed by atoms with Crippen LogP contribution in [0.15, 0.2) is 42.5 Å². The minimum atomic E-state index is -1.37.